The van der Waals surface area contributed by atoms with E-state index in [2.05, 4.69) is 5.32 Å². The topological polar surface area (TPSA) is 100 Å². The molecule has 1 atom stereocenters. The van der Waals surface area contributed by atoms with Gasteiger partial charge in [-0.3, -0.25) is 4.79 Å². The zero-order valence-electron chi connectivity index (χ0n) is 13.6. The van der Waals surface area contributed by atoms with Gasteiger partial charge in [-0.2, -0.15) is 5.26 Å². The van der Waals surface area contributed by atoms with Crippen LogP contribution in [0.1, 0.15) is 12.2 Å². The van der Waals surface area contributed by atoms with Crippen molar-refractivity contribution in [3.05, 3.63) is 53.5 Å². The minimum Gasteiger partial charge on any atom is -0.457 e. The average Bonchev–Trinajstić information content (AvgIpc) is 3.19. The Morgan fingerprint density at radius 2 is 2.00 bits per heavy atom. The number of rotatable bonds is 4. The Morgan fingerprint density at radius 1 is 1.27 bits per heavy atom. The molecule has 6 nitrogen and oxygen atoms in total. The maximum absolute atomic E-state index is 13.0. The zero-order chi connectivity index (χ0) is 18.7. The fourth-order valence-electron chi connectivity index (χ4n) is 2.66. The molecule has 1 aliphatic rings. The molecule has 0 unspecified atom stereocenters. The highest BCUT2D eigenvalue weighted by Gasteiger charge is 2.29. The molecule has 1 fully saturated rings. The second-order valence-corrected chi connectivity index (χ2v) is 8.18. The van der Waals surface area contributed by atoms with Gasteiger partial charge in [0, 0.05) is 17.7 Å². The number of amides is 1. The molecule has 134 valence electrons. The first kappa shape index (κ1) is 17.9. The Labute approximate surface area is 149 Å². The van der Waals surface area contributed by atoms with Crippen LogP contribution < -0.4 is 5.32 Å². The largest absolute Gasteiger partial charge is 0.457 e. The van der Waals surface area contributed by atoms with Crippen LogP contribution in [0.4, 0.5) is 4.39 Å². The van der Waals surface area contributed by atoms with Gasteiger partial charge in [0.15, 0.2) is 9.84 Å². The van der Waals surface area contributed by atoms with Gasteiger partial charge in [-0.1, -0.05) is 0 Å². The molecule has 8 heteroatoms. The number of benzene rings is 1. The molecule has 26 heavy (non-hydrogen) atoms. The summed E-state index contributed by atoms with van der Waals surface area (Å²) >= 11 is 0. The Bertz CT molecular complexity index is 1000. The number of carbonyl (C=O) groups excluding carboxylic acids is 1. The SMILES string of the molecule is N#C/C(=C/c1ccc(-c2ccc(F)cc2)o1)C(=O)N[C@@H]1CCS(=O)(=O)C1. The van der Waals surface area contributed by atoms with Crippen molar-refractivity contribution in [1.82, 2.24) is 5.32 Å². The van der Waals surface area contributed by atoms with Crippen LogP contribution in [0, 0.1) is 17.1 Å². The smallest absolute Gasteiger partial charge is 0.262 e. The lowest BCUT2D eigenvalue weighted by molar-refractivity contribution is -0.117. The monoisotopic (exact) mass is 374 g/mol. The standard InChI is InChI=1S/C18H15FN2O4S/c19-14-3-1-12(2-4-14)17-6-5-16(25-17)9-13(10-20)18(22)21-15-7-8-26(23,24)11-15/h1-6,9,15H,7-8,11H2,(H,21,22)/b13-9-/t15-/m1/s1. The van der Waals surface area contributed by atoms with Crippen molar-refractivity contribution in [2.75, 3.05) is 11.5 Å². The quantitative estimate of drug-likeness (QED) is 0.654. The lowest BCUT2D eigenvalue weighted by Gasteiger charge is -2.09. The fourth-order valence-corrected chi connectivity index (χ4v) is 4.34. The summed E-state index contributed by atoms with van der Waals surface area (Å²) in [6.07, 6.45) is 1.62. The van der Waals surface area contributed by atoms with E-state index in [-0.39, 0.29) is 28.7 Å². The highest BCUT2D eigenvalue weighted by molar-refractivity contribution is 7.91. The number of nitrogens with zero attached hydrogens (tertiary/aromatic N) is 1. The molecule has 1 aliphatic heterocycles. The molecule has 0 spiro atoms. The van der Waals surface area contributed by atoms with Crippen molar-refractivity contribution in [1.29, 1.82) is 5.26 Å². The lowest BCUT2D eigenvalue weighted by atomic mass is 10.2. The van der Waals surface area contributed by atoms with E-state index in [0.29, 0.717) is 17.7 Å². The van der Waals surface area contributed by atoms with Crippen LogP contribution in [-0.2, 0) is 14.6 Å². The third-order valence-corrected chi connectivity index (χ3v) is 5.74. The molecule has 2 heterocycles. The van der Waals surface area contributed by atoms with Gasteiger partial charge in [0.2, 0.25) is 0 Å². The summed E-state index contributed by atoms with van der Waals surface area (Å²) in [5.41, 5.74) is 0.472. The van der Waals surface area contributed by atoms with E-state index >= 15 is 0 Å². The molecule has 0 bridgehead atoms. The maximum atomic E-state index is 13.0. The summed E-state index contributed by atoms with van der Waals surface area (Å²) in [6, 6.07) is 10.3. The minimum absolute atomic E-state index is 0.0305. The van der Waals surface area contributed by atoms with E-state index in [1.165, 1.54) is 18.2 Å². The summed E-state index contributed by atoms with van der Waals surface area (Å²) in [6.45, 7) is 0. The van der Waals surface area contributed by atoms with Gasteiger partial charge >= 0.3 is 0 Å². The Kier molecular flexibility index (Phi) is 4.91. The molecule has 1 aromatic heterocycles. The molecular weight excluding hydrogens is 359 g/mol. The van der Waals surface area contributed by atoms with Crippen molar-refractivity contribution in [2.45, 2.75) is 12.5 Å². The van der Waals surface area contributed by atoms with Crippen LogP contribution in [0.25, 0.3) is 17.4 Å². The van der Waals surface area contributed by atoms with Crippen LogP contribution in [0.3, 0.4) is 0 Å². The molecule has 3 rings (SSSR count). The van der Waals surface area contributed by atoms with E-state index in [0.717, 1.165) is 0 Å². The number of hydrogen-bond donors (Lipinski definition) is 1. The molecule has 0 saturated carbocycles. The normalized spacial score (nSPS) is 19.1. The van der Waals surface area contributed by atoms with Crippen molar-refractivity contribution in [2.24, 2.45) is 0 Å². The van der Waals surface area contributed by atoms with Gasteiger partial charge < -0.3 is 9.73 Å². The van der Waals surface area contributed by atoms with Gasteiger partial charge in [-0.25, -0.2) is 12.8 Å². The van der Waals surface area contributed by atoms with Crippen LogP contribution >= 0.6 is 0 Å². The van der Waals surface area contributed by atoms with Gasteiger partial charge in [-0.05, 0) is 42.8 Å². The number of sulfone groups is 1. The highest BCUT2D eigenvalue weighted by Crippen LogP contribution is 2.23. The van der Waals surface area contributed by atoms with E-state index in [1.54, 1.807) is 30.3 Å². The number of halogens is 1. The number of furan rings is 1. The molecule has 1 aromatic carbocycles. The first-order valence-corrected chi connectivity index (χ1v) is 9.67. The maximum Gasteiger partial charge on any atom is 0.262 e. The second kappa shape index (κ2) is 7.14. The first-order chi connectivity index (χ1) is 12.4. The van der Waals surface area contributed by atoms with Gasteiger partial charge in [0.05, 0.1) is 11.5 Å². The lowest BCUT2D eigenvalue weighted by Crippen LogP contribution is -2.36. The van der Waals surface area contributed by atoms with Crippen LogP contribution in [-0.4, -0.2) is 31.9 Å². The van der Waals surface area contributed by atoms with E-state index in [9.17, 15) is 22.9 Å². The zero-order valence-corrected chi connectivity index (χ0v) is 14.4. The summed E-state index contributed by atoms with van der Waals surface area (Å²) in [7, 11) is -3.13. The summed E-state index contributed by atoms with van der Waals surface area (Å²) < 4.78 is 41.4. The predicted octanol–water partition coefficient (Wildman–Crippen LogP) is 2.30. The molecule has 2 aromatic rings. The second-order valence-electron chi connectivity index (χ2n) is 5.95. The third-order valence-electron chi connectivity index (χ3n) is 3.97. The van der Waals surface area contributed by atoms with Crippen molar-refractivity contribution in [3.8, 4) is 17.4 Å². The Balaban J connectivity index is 1.74. The van der Waals surface area contributed by atoms with Crippen molar-refractivity contribution in [3.63, 3.8) is 0 Å². The van der Waals surface area contributed by atoms with Crippen LogP contribution in [0.15, 0.2) is 46.4 Å². The van der Waals surface area contributed by atoms with E-state index in [1.807, 2.05) is 0 Å². The van der Waals surface area contributed by atoms with E-state index < -0.39 is 21.8 Å². The molecule has 0 radical (unpaired) electrons. The molecule has 1 saturated heterocycles. The van der Waals surface area contributed by atoms with Crippen LogP contribution in [0.5, 0.6) is 0 Å². The Hall–Kier alpha value is -2.92. The fraction of sp³-hybridized carbons (Fsp3) is 0.222. The summed E-state index contributed by atoms with van der Waals surface area (Å²) in [5.74, 6) is -0.339. The van der Waals surface area contributed by atoms with Gasteiger partial charge in [0.1, 0.15) is 29.0 Å². The molecule has 1 amide bonds. The van der Waals surface area contributed by atoms with Crippen LogP contribution in [0.2, 0.25) is 0 Å². The molecular formula is C18H15FN2O4S. The van der Waals surface area contributed by atoms with Gasteiger partial charge in [0.25, 0.3) is 5.91 Å². The number of nitriles is 1. The third kappa shape index (κ3) is 4.18. The number of hydrogen-bond acceptors (Lipinski definition) is 5. The highest BCUT2D eigenvalue weighted by atomic mass is 32.2. The summed E-state index contributed by atoms with van der Waals surface area (Å²) in [4.78, 5) is 12.2. The number of nitrogens with one attached hydrogen (secondary N) is 1. The van der Waals surface area contributed by atoms with E-state index in [4.69, 9.17) is 4.42 Å². The predicted molar refractivity (Wildman–Crippen MR) is 92.9 cm³/mol. The number of carbonyl (C=O) groups is 1. The van der Waals surface area contributed by atoms with Gasteiger partial charge in [-0.15, -0.1) is 0 Å². The average molecular weight is 374 g/mol. The Morgan fingerprint density at radius 3 is 2.62 bits per heavy atom. The molecule has 1 N–H and O–H groups in total. The molecule has 0 aliphatic carbocycles. The summed E-state index contributed by atoms with van der Waals surface area (Å²) in [5, 5.41) is 11.8. The van der Waals surface area contributed by atoms with Crippen molar-refractivity contribution >= 4 is 21.8 Å². The van der Waals surface area contributed by atoms with Crippen molar-refractivity contribution < 1.29 is 22.0 Å². The minimum atomic E-state index is -3.13. The first-order valence-electron chi connectivity index (χ1n) is 7.85.